The topological polar surface area (TPSA) is 35.0 Å². The van der Waals surface area contributed by atoms with Crippen molar-refractivity contribution in [1.29, 1.82) is 0 Å². The van der Waals surface area contributed by atoms with E-state index in [4.69, 9.17) is 0 Å². The van der Waals surface area contributed by atoms with Crippen molar-refractivity contribution in [3.63, 3.8) is 0 Å². The summed E-state index contributed by atoms with van der Waals surface area (Å²) in [6, 6.07) is 17.3. The van der Waals surface area contributed by atoms with Gasteiger partial charge in [-0.2, -0.15) is 0 Å². The van der Waals surface area contributed by atoms with E-state index in [2.05, 4.69) is 48.5 Å². The molecule has 1 heterocycles. The lowest BCUT2D eigenvalue weighted by Gasteiger charge is -2.17. The quantitative estimate of drug-likeness (QED) is 0.617. The molecule has 0 radical (unpaired) electrons. The maximum absolute atomic E-state index is 2.22. The molecule has 76 valence electrons. The second kappa shape index (κ2) is 4.09. The minimum atomic E-state index is 0. The maximum atomic E-state index is 2.22. The first-order chi connectivity index (χ1) is 6.93. The molecule has 0 aliphatic carbocycles. The first kappa shape index (κ1) is 10.3. The van der Waals surface area contributed by atoms with E-state index in [1.165, 1.54) is 20.9 Å². The Kier molecular flexibility index (Phi) is 2.80. The van der Waals surface area contributed by atoms with Crippen LogP contribution in [-0.2, 0) is 6.42 Å². The zero-order valence-corrected chi connectivity index (χ0v) is 9.26. The average Bonchev–Trinajstić information content (AvgIpc) is 2.26. The van der Waals surface area contributed by atoms with Crippen molar-refractivity contribution in [2.45, 2.75) is 16.2 Å². The summed E-state index contributed by atoms with van der Waals surface area (Å²) in [7, 11) is 0. The molecular weight excluding hydrogens is 202 g/mol. The van der Waals surface area contributed by atoms with Crippen LogP contribution in [0, 0.1) is 0 Å². The number of hydrogen-bond acceptors (Lipinski definition) is 2. The van der Waals surface area contributed by atoms with Crippen LogP contribution < -0.4 is 6.15 Å². The largest absolute Gasteiger partial charge is 0.344 e. The first-order valence-corrected chi connectivity index (χ1v) is 5.59. The van der Waals surface area contributed by atoms with Gasteiger partial charge in [0.15, 0.2) is 0 Å². The van der Waals surface area contributed by atoms with Gasteiger partial charge in [-0.25, -0.2) is 0 Å². The van der Waals surface area contributed by atoms with E-state index in [-0.39, 0.29) is 6.15 Å². The molecule has 1 nitrogen and oxygen atoms in total. The van der Waals surface area contributed by atoms with E-state index in [0.29, 0.717) is 0 Å². The number of benzene rings is 2. The monoisotopic (exact) mass is 215 g/mol. The molecule has 0 fully saturated rings. The summed E-state index contributed by atoms with van der Waals surface area (Å²) < 4.78 is 0. The average molecular weight is 215 g/mol. The lowest BCUT2D eigenvalue weighted by Crippen LogP contribution is -1.98. The van der Waals surface area contributed by atoms with Crippen LogP contribution in [0.3, 0.4) is 0 Å². The standard InChI is InChI=1S/C13H10S.H3N/c1-3-7-12-10(5-1)9-11-6-2-4-8-13(11)14-12;/h1-8H,9H2;1H3. The van der Waals surface area contributed by atoms with Crippen molar-refractivity contribution in [1.82, 2.24) is 6.15 Å². The van der Waals surface area contributed by atoms with Crippen LogP contribution in [0.15, 0.2) is 58.3 Å². The van der Waals surface area contributed by atoms with Crippen LogP contribution in [0.2, 0.25) is 0 Å². The molecule has 0 saturated carbocycles. The SMILES string of the molecule is N.c1ccc2c(c1)Cc1ccccc1S2. The lowest BCUT2D eigenvalue weighted by molar-refractivity contribution is 1.06. The number of fused-ring (bicyclic) bond motifs is 2. The minimum absolute atomic E-state index is 0. The Morgan fingerprint density at radius 3 is 1.73 bits per heavy atom. The van der Waals surface area contributed by atoms with Crippen molar-refractivity contribution in [3.8, 4) is 0 Å². The molecule has 1 aliphatic heterocycles. The zero-order chi connectivity index (χ0) is 9.38. The smallest absolute Gasteiger partial charge is 0.0157 e. The summed E-state index contributed by atoms with van der Waals surface area (Å²) in [5.41, 5.74) is 2.91. The highest BCUT2D eigenvalue weighted by molar-refractivity contribution is 7.99. The van der Waals surface area contributed by atoms with Gasteiger partial charge in [-0.3, -0.25) is 0 Å². The predicted octanol–water partition coefficient (Wildman–Crippen LogP) is 3.90. The van der Waals surface area contributed by atoms with Crippen LogP contribution in [0.5, 0.6) is 0 Å². The molecule has 3 rings (SSSR count). The summed E-state index contributed by atoms with van der Waals surface area (Å²) in [5, 5.41) is 0. The van der Waals surface area contributed by atoms with Gasteiger partial charge in [0, 0.05) is 9.79 Å². The third-order valence-electron chi connectivity index (χ3n) is 2.55. The Balaban J connectivity index is 0.000000853. The molecule has 15 heavy (non-hydrogen) atoms. The molecule has 0 bridgehead atoms. The highest BCUT2D eigenvalue weighted by Gasteiger charge is 2.13. The Hall–Kier alpha value is -1.25. The molecule has 0 unspecified atom stereocenters. The molecule has 0 atom stereocenters. The zero-order valence-electron chi connectivity index (χ0n) is 8.44. The van der Waals surface area contributed by atoms with Crippen molar-refractivity contribution >= 4 is 11.8 Å². The molecule has 2 aromatic carbocycles. The predicted molar refractivity (Wildman–Crippen MR) is 64.8 cm³/mol. The highest BCUT2D eigenvalue weighted by atomic mass is 32.2. The van der Waals surface area contributed by atoms with Crippen LogP contribution >= 0.6 is 11.8 Å². The second-order valence-electron chi connectivity index (χ2n) is 3.49. The Morgan fingerprint density at radius 2 is 1.20 bits per heavy atom. The molecule has 2 heteroatoms. The lowest BCUT2D eigenvalue weighted by atomic mass is 10.0. The molecule has 0 amide bonds. The van der Waals surface area contributed by atoms with Crippen LogP contribution in [0.4, 0.5) is 0 Å². The Labute approximate surface area is 94.1 Å². The van der Waals surface area contributed by atoms with Gasteiger partial charge in [0.1, 0.15) is 0 Å². The summed E-state index contributed by atoms with van der Waals surface area (Å²) in [6.45, 7) is 0. The summed E-state index contributed by atoms with van der Waals surface area (Å²) in [6.07, 6.45) is 1.08. The third-order valence-corrected chi connectivity index (χ3v) is 3.78. The van der Waals surface area contributed by atoms with Crippen molar-refractivity contribution in [3.05, 3.63) is 59.7 Å². The van der Waals surface area contributed by atoms with Crippen molar-refractivity contribution < 1.29 is 0 Å². The Bertz CT molecular complexity index is 392. The summed E-state index contributed by atoms with van der Waals surface area (Å²) in [5.74, 6) is 0. The van der Waals surface area contributed by atoms with Gasteiger partial charge in [-0.05, 0) is 29.7 Å². The molecule has 0 spiro atoms. The van der Waals surface area contributed by atoms with E-state index in [1.807, 2.05) is 11.8 Å². The molecule has 1 aliphatic rings. The summed E-state index contributed by atoms with van der Waals surface area (Å²) >= 11 is 1.88. The van der Waals surface area contributed by atoms with Gasteiger partial charge in [0.25, 0.3) is 0 Å². The van der Waals surface area contributed by atoms with Crippen molar-refractivity contribution in [2.75, 3.05) is 0 Å². The molecule has 2 aromatic rings. The third kappa shape index (κ3) is 1.78. The first-order valence-electron chi connectivity index (χ1n) is 4.77. The van der Waals surface area contributed by atoms with Gasteiger partial charge < -0.3 is 6.15 Å². The number of rotatable bonds is 0. The molecular formula is C13H13NS. The second-order valence-corrected chi connectivity index (χ2v) is 4.58. The van der Waals surface area contributed by atoms with Crippen LogP contribution in [0.1, 0.15) is 11.1 Å². The number of hydrogen-bond donors (Lipinski definition) is 1. The normalized spacial score (nSPS) is 12.3. The van der Waals surface area contributed by atoms with Gasteiger partial charge in [-0.15, -0.1) is 0 Å². The fraction of sp³-hybridized carbons (Fsp3) is 0.0769. The van der Waals surface area contributed by atoms with E-state index in [0.717, 1.165) is 6.42 Å². The minimum Gasteiger partial charge on any atom is -0.344 e. The Morgan fingerprint density at radius 1 is 0.733 bits per heavy atom. The molecule has 0 saturated heterocycles. The van der Waals surface area contributed by atoms with Gasteiger partial charge >= 0.3 is 0 Å². The van der Waals surface area contributed by atoms with E-state index in [9.17, 15) is 0 Å². The van der Waals surface area contributed by atoms with E-state index in [1.54, 1.807) is 0 Å². The van der Waals surface area contributed by atoms with Gasteiger partial charge in [-0.1, -0.05) is 48.2 Å². The fourth-order valence-electron chi connectivity index (χ4n) is 1.82. The van der Waals surface area contributed by atoms with E-state index >= 15 is 0 Å². The fourth-order valence-corrected chi connectivity index (χ4v) is 2.90. The van der Waals surface area contributed by atoms with E-state index < -0.39 is 0 Å². The van der Waals surface area contributed by atoms with Crippen LogP contribution in [-0.4, -0.2) is 0 Å². The van der Waals surface area contributed by atoms with Crippen LogP contribution in [0.25, 0.3) is 0 Å². The molecule has 3 N–H and O–H groups in total. The maximum Gasteiger partial charge on any atom is 0.0157 e. The summed E-state index contributed by atoms with van der Waals surface area (Å²) in [4.78, 5) is 2.82. The highest BCUT2D eigenvalue weighted by Crippen LogP contribution is 2.38. The van der Waals surface area contributed by atoms with Gasteiger partial charge in [0.2, 0.25) is 0 Å². The van der Waals surface area contributed by atoms with Gasteiger partial charge in [0.05, 0.1) is 0 Å². The molecule has 0 aromatic heterocycles. The van der Waals surface area contributed by atoms with Crippen molar-refractivity contribution in [2.24, 2.45) is 0 Å².